The third-order valence-electron chi connectivity index (χ3n) is 5.01. The number of allylic oxidation sites excluding steroid dienone is 1. The molecule has 0 radical (unpaired) electrons. The monoisotopic (exact) mass is 469 g/mol. The average Bonchev–Trinajstić information content (AvgIpc) is 3.07. The second-order valence-electron chi connectivity index (χ2n) is 6.95. The highest BCUT2D eigenvalue weighted by molar-refractivity contribution is 7.07. The van der Waals surface area contributed by atoms with Crippen LogP contribution in [0.15, 0.2) is 69.6 Å². The third kappa shape index (κ3) is 3.76. The predicted molar refractivity (Wildman–Crippen MR) is 120 cm³/mol. The molecule has 10 heteroatoms. The standard InChI is InChI=1S/C22H16ClN3O5S/c1-12-18(21(28)31-2)19(15-8-3-4-9-16(15)23)25-20(27)17(32-22(25)24-12)11-13-6-5-7-14(10-13)26(29)30/h3-11,19H,1-2H3/b17-11+. The van der Waals surface area contributed by atoms with Crippen molar-refractivity contribution in [2.75, 3.05) is 7.11 Å². The number of rotatable bonds is 4. The van der Waals surface area contributed by atoms with Gasteiger partial charge in [0.15, 0.2) is 4.80 Å². The summed E-state index contributed by atoms with van der Waals surface area (Å²) in [6, 6.07) is 12.1. The van der Waals surface area contributed by atoms with Crippen molar-refractivity contribution >= 4 is 40.7 Å². The molecule has 1 aliphatic rings. The first-order chi connectivity index (χ1) is 15.3. The molecule has 0 amide bonds. The molecule has 0 spiro atoms. The number of halogens is 1. The van der Waals surface area contributed by atoms with E-state index in [1.807, 2.05) is 0 Å². The molecule has 0 saturated carbocycles. The van der Waals surface area contributed by atoms with Crippen LogP contribution in [0, 0.1) is 10.1 Å². The summed E-state index contributed by atoms with van der Waals surface area (Å²) in [5.74, 6) is -0.607. The number of fused-ring (bicyclic) bond motifs is 1. The zero-order chi connectivity index (χ0) is 23.0. The number of methoxy groups -OCH3 is 1. The summed E-state index contributed by atoms with van der Waals surface area (Å²) in [7, 11) is 1.26. The van der Waals surface area contributed by atoms with Crippen LogP contribution in [0.2, 0.25) is 5.02 Å². The Morgan fingerprint density at radius 3 is 2.72 bits per heavy atom. The fraction of sp³-hybridized carbons (Fsp3) is 0.136. The maximum Gasteiger partial charge on any atom is 0.338 e. The number of carbonyl (C=O) groups excluding carboxylic acids is 1. The third-order valence-corrected chi connectivity index (χ3v) is 6.33. The lowest BCUT2D eigenvalue weighted by Gasteiger charge is -2.25. The first-order valence-electron chi connectivity index (χ1n) is 9.41. The Hall–Kier alpha value is -3.56. The highest BCUT2D eigenvalue weighted by atomic mass is 35.5. The Bertz CT molecular complexity index is 1470. The van der Waals surface area contributed by atoms with E-state index in [9.17, 15) is 19.7 Å². The lowest BCUT2D eigenvalue weighted by Crippen LogP contribution is -2.39. The van der Waals surface area contributed by atoms with Gasteiger partial charge in [0.25, 0.3) is 11.2 Å². The van der Waals surface area contributed by atoms with Crippen molar-refractivity contribution < 1.29 is 14.5 Å². The summed E-state index contributed by atoms with van der Waals surface area (Å²) >= 11 is 7.56. The van der Waals surface area contributed by atoms with Crippen molar-refractivity contribution in [3.05, 3.63) is 106 Å². The number of ether oxygens (including phenoxy) is 1. The first kappa shape index (κ1) is 21.7. The number of esters is 1. The topological polar surface area (TPSA) is 104 Å². The number of nitro benzene ring substituents is 1. The van der Waals surface area contributed by atoms with Crippen molar-refractivity contribution in [1.29, 1.82) is 0 Å². The summed E-state index contributed by atoms with van der Waals surface area (Å²) in [5.41, 5.74) is 1.23. The minimum atomic E-state index is -0.820. The highest BCUT2D eigenvalue weighted by Gasteiger charge is 2.34. The number of hydrogen-bond acceptors (Lipinski definition) is 7. The summed E-state index contributed by atoms with van der Waals surface area (Å²) in [6.45, 7) is 1.67. The van der Waals surface area contributed by atoms with Gasteiger partial charge in [-0.05, 0) is 30.2 Å². The molecule has 0 bridgehead atoms. The molecule has 4 rings (SSSR count). The number of thiazole rings is 1. The van der Waals surface area contributed by atoms with Crippen LogP contribution in [0.4, 0.5) is 5.69 Å². The number of hydrogen-bond donors (Lipinski definition) is 0. The molecule has 8 nitrogen and oxygen atoms in total. The van der Waals surface area contributed by atoms with Gasteiger partial charge in [0.05, 0.1) is 27.8 Å². The van der Waals surface area contributed by atoms with Crippen molar-refractivity contribution in [3.8, 4) is 0 Å². The Balaban J connectivity index is 1.98. The quantitative estimate of drug-likeness (QED) is 0.332. The summed E-state index contributed by atoms with van der Waals surface area (Å²) in [5, 5.41) is 11.5. The molecule has 0 saturated heterocycles. The minimum absolute atomic E-state index is 0.0794. The summed E-state index contributed by atoms with van der Waals surface area (Å²) in [4.78, 5) is 41.5. The van der Waals surface area contributed by atoms with Crippen LogP contribution in [-0.2, 0) is 9.53 Å². The zero-order valence-corrected chi connectivity index (χ0v) is 18.5. The SMILES string of the molecule is COC(=O)C1=C(C)N=c2s/c(=C/c3cccc([N+](=O)[O-])c3)c(=O)n2C1c1ccccc1Cl. The van der Waals surface area contributed by atoms with E-state index < -0.39 is 16.9 Å². The summed E-state index contributed by atoms with van der Waals surface area (Å²) in [6.07, 6.45) is 1.57. The van der Waals surface area contributed by atoms with Gasteiger partial charge in [-0.15, -0.1) is 0 Å². The second kappa shape index (κ2) is 8.52. The van der Waals surface area contributed by atoms with Crippen LogP contribution in [0.1, 0.15) is 24.1 Å². The van der Waals surface area contributed by atoms with Gasteiger partial charge in [0, 0.05) is 17.2 Å². The minimum Gasteiger partial charge on any atom is -0.466 e. The molecule has 1 aliphatic heterocycles. The molecule has 0 fully saturated rings. The first-order valence-corrected chi connectivity index (χ1v) is 10.6. The van der Waals surface area contributed by atoms with E-state index in [-0.39, 0.29) is 16.8 Å². The van der Waals surface area contributed by atoms with Crippen molar-refractivity contribution in [1.82, 2.24) is 4.57 Å². The molecule has 0 N–H and O–H groups in total. The number of carbonyl (C=O) groups is 1. The van der Waals surface area contributed by atoms with Crippen LogP contribution in [0.5, 0.6) is 0 Å². The average molecular weight is 470 g/mol. The van der Waals surface area contributed by atoms with E-state index in [1.165, 1.54) is 23.8 Å². The van der Waals surface area contributed by atoms with Crippen LogP contribution < -0.4 is 14.9 Å². The van der Waals surface area contributed by atoms with E-state index in [0.29, 0.717) is 31.2 Å². The van der Waals surface area contributed by atoms with Gasteiger partial charge in [-0.3, -0.25) is 19.5 Å². The van der Waals surface area contributed by atoms with E-state index >= 15 is 0 Å². The number of nitrogens with zero attached hydrogens (tertiary/aromatic N) is 3. The van der Waals surface area contributed by atoms with E-state index in [2.05, 4.69) is 4.99 Å². The lowest BCUT2D eigenvalue weighted by molar-refractivity contribution is -0.384. The molecule has 1 unspecified atom stereocenters. The van der Waals surface area contributed by atoms with Crippen LogP contribution in [0.3, 0.4) is 0 Å². The molecule has 32 heavy (non-hydrogen) atoms. The fourth-order valence-electron chi connectivity index (χ4n) is 3.56. The number of benzene rings is 2. The van der Waals surface area contributed by atoms with Crippen LogP contribution in [0.25, 0.3) is 6.08 Å². The van der Waals surface area contributed by atoms with E-state index in [4.69, 9.17) is 16.3 Å². The maximum atomic E-state index is 13.4. The van der Waals surface area contributed by atoms with Crippen LogP contribution in [-0.4, -0.2) is 22.6 Å². The van der Waals surface area contributed by atoms with Crippen molar-refractivity contribution in [3.63, 3.8) is 0 Å². The van der Waals surface area contributed by atoms with Gasteiger partial charge < -0.3 is 4.74 Å². The number of nitro groups is 1. The molecule has 2 aromatic carbocycles. The van der Waals surface area contributed by atoms with Gasteiger partial charge in [0.1, 0.15) is 6.04 Å². The van der Waals surface area contributed by atoms with E-state index in [0.717, 1.165) is 11.3 Å². The number of non-ortho nitro benzene ring substituents is 1. The van der Waals surface area contributed by atoms with Gasteiger partial charge >= 0.3 is 5.97 Å². The molecule has 162 valence electrons. The predicted octanol–water partition coefficient (Wildman–Crippen LogP) is 2.97. The Morgan fingerprint density at radius 2 is 2.03 bits per heavy atom. The molecule has 1 atom stereocenters. The van der Waals surface area contributed by atoms with Gasteiger partial charge in [-0.2, -0.15) is 0 Å². The normalized spacial score (nSPS) is 15.8. The molecular weight excluding hydrogens is 454 g/mol. The second-order valence-corrected chi connectivity index (χ2v) is 8.36. The molecule has 1 aromatic heterocycles. The van der Waals surface area contributed by atoms with E-state index in [1.54, 1.807) is 49.4 Å². The highest BCUT2D eigenvalue weighted by Crippen LogP contribution is 2.34. The van der Waals surface area contributed by atoms with Gasteiger partial charge in [0.2, 0.25) is 0 Å². The molecule has 3 aromatic rings. The Morgan fingerprint density at radius 1 is 1.28 bits per heavy atom. The molecular formula is C22H16ClN3O5S. The lowest BCUT2D eigenvalue weighted by atomic mass is 9.96. The van der Waals surface area contributed by atoms with Gasteiger partial charge in [-0.25, -0.2) is 9.79 Å². The molecule has 2 heterocycles. The molecule has 0 aliphatic carbocycles. The van der Waals surface area contributed by atoms with Crippen molar-refractivity contribution in [2.24, 2.45) is 4.99 Å². The van der Waals surface area contributed by atoms with Crippen molar-refractivity contribution in [2.45, 2.75) is 13.0 Å². The largest absolute Gasteiger partial charge is 0.466 e. The smallest absolute Gasteiger partial charge is 0.338 e. The Kier molecular flexibility index (Phi) is 5.77. The Labute approximate surface area is 190 Å². The number of aromatic nitrogens is 1. The fourth-order valence-corrected chi connectivity index (χ4v) is 4.85. The van der Waals surface area contributed by atoms with Gasteiger partial charge in [-0.1, -0.05) is 53.3 Å². The van der Waals surface area contributed by atoms with Crippen LogP contribution >= 0.6 is 22.9 Å². The summed E-state index contributed by atoms with van der Waals surface area (Å²) < 4.78 is 6.69. The zero-order valence-electron chi connectivity index (χ0n) is 16.9. The maximum absolute atomic E-state index is 13.4.